The Balaban J connectivity index is 2.15. The third-order valence-corrected chi connectivity index (χ3v) is 4.40. The average Bonchev–Trinajstić information content (AvgIpc) is 2.34. The molecule has 1 aliphatic rings. The summed E-state index contributed by atoms with van der Waals surface area (Å²) in [5.74, 6) is 0.784. The van der Waals surface area contributed by atoms with E-state index in [0.29, 0.717) is 5.41 Å². The van der Waals surface area contributed by atoms with Gasteiger partial charge in [-0.05, 0) is 49.2 Å². The van der Waals surface area contributed by atoms with E-state index in [0.717, 1.165) is 5.92 Å². The fourth-order valence-corrected chi connectivity index (χ4v) is 3.03. The van der Waals surface area contributed by atoms with Crippen molar-refractivity contribution in [2.75, 3.05) is 13.1 Å². The molecular formula is C15H23N. The first kappa shape index (κ1) is 11.7. The standard InChI is InChI=1S/C15H23N/c1-3-15(9-10-16-12-13(15)2)11-14-7-5-4-6-8-14/h4-8,13,16H,3,9-12H2,1-2H3. The van der Waals surface area contributed by atoms with Gasteiger partial charge in [0.05, 0.1) is 0 Å². The molecule has 1 aliphatic heterocycles. The summed E-state index contributed by atoms with van der Waals surface area (Å²) < 4.78 is 0. The molecule has 1 saturated heterocycles. The molecule has 0 radical (unpaired) electrons. The molecule has 0 aliphatic carbocycles. The number of rotatable bonds is 3. The maximum atomic E-state index is 3.51. The summed E-state index contributed by atoms with van der Waals surface area (Å²) in [6.07, 6.45) is 3.86. The Morgan fingerprint density at radius 1 is 1.31 bits per heavy atom. The van der Waals surface area contributed by atoms with Crippen molar-refractivity contribution < 1.29 is 0 Å². The first-order valence-corrected chi connectivity index (χ1v) is 6.51. The molecule has 0 aromatic heterocycles. The summed E-state index contributed by atoms with van der Waals surface area (Å²) in [7, 11) is 0. The first-order chi connectivity index (χ1) is 7.77. The predicted octanol–water partition coefficient (Wildman–Crippen LogP) is 3.25. The SMILES string of the molecule is CCC1(Cc2ccccc2)CCNCC1C. The molecule has 2 rings (SSSR count). The van der Waals surface area contributed by atoms with E-state index in [2.05, 4.69) is 49.5 Å². The van der Waals surface area contributed by atoms with E-state index in [1.165, 1.54) is 37.9 Å². The van der Waals surface area contributed by atoms with Crippen LogP contribution in [0.25, 0.3) is 0 Å². The fourth-order valence-electron chi connectivity index (χ4n) is 3.03. The van der Waals surface area contributed by atoms with Crippen molar-refractivity contribution in [2.24, 2.45) is 11.3 Å². The molecule has 1 N–H and O–H groups in total. The molecule has 88 valence electrons. The second-order valence-corrected chi connectivity index (χ2v) is 5.23. The van der Waals surface area contributed by atoms with Crippen molar-refractivity contribution in [2.45, 2.75) is 33.1 Å². The minimum atomic E-state index is 0.520. The number of nitrogens with one attached hydrogen (secondary N) is 1. The van der Waals surface area contributed by atoms with Gasteiger partial charge in [0.15, 0.2) is 0 Å². The van der Waals surface area contributed by atoms with E-state index in [-0.39, 0.29) is 0 Å². The van der Waals surface area contributed by atoms with Crippen LogP contribution in [0, 0.1) is 11.3 Å². The molecule has 0 bridgehead atoms. The topological polar surface area (TPSA) is 12.0 Å². The lowest BCUT2D eigenvalue weighted by Gasteiger charge is -2.43. The molecule has 1 aromatic rings. The van der Waals surface area contributed by atoms with Crippen molar-refractivity contribution in [3.8, 4) is 0 Å². The molecule has 1 aromatic carbocycles. The number of piperidine rings is 1. The van der Waals surface area contributed by atoms with Crippen LogP contribution in [0.1, 0.15) is 32.3 Å². The molecule has 1 heterocycles. The summed E-state index contributed by atoms with van der Waals surface area (Å²) in [4.78, 5) is 0. The van der Waals surface area contributed by atoms with Gasteiger partial charge in [0.2, 0.25) is 0 Å². The summed E-state index contributed by atoms with van der Waals surface area (Å²) in [5, 5.41) is 3.51. The van der Waals surface area contributed by atoms with Gasteiger partial charge >= 0.3 is 0 Å². The van der Waals surface area contributed by atoms with Crippen LogP contribution in [0.2, 0.25) is 0 Å². The molecule has 2 unspecified atom stereocenters. The smallest absolute Gasteiger partial charge is 0.00177 e. The number of hydrogen-bond acceptors (Lipinski definition) is 1. The van der Waals surface area contributed by atoms with Crippen LogP contribution in [0.4, 0.5) is 0 Å². The van der Waals surface area contributed by atoms with Crippen molar-refractivity contribution in [3.05, 3.63) is 35.9 Å². The molecule has 1 heteroatoms. The molecule has 0 amide bonds. The van der Waals surface area contributed by atoms with E-state index in [4.69, 9.17) is 0 Å². The summed E-state index contributed by atoms with van der Waals surface area (Å²) >= 11 is 0. The van der Waals surface area contributed by atoms with E-state index in [1.807, 2.05) is 0 Å². The highest BCUT2D eigenvalue weighted by Crippen LogP contribution is 2.40. The highest BCUT2D eigenvalue weighted by atomic mass is 14.9. The Hall–Kier alpha value is -0.820. The van der Waals surface area contributed by atoms with E-state index >= 15 is 0 Å². The van der Waals surface area contributed by atoms with Crippen LogP contribution >= 0.6 is 0 Å². The minimum Gasteiger partial charge on any atom is -0.316 e. The second kappa shape index (κ2) is 5.01. The average molecular weight is 217 g/mol. The monoisotopic (exact) mass is 217 g/mol. The lowest BCUT2D eigenvalue weighted by atomic mass is 9.66. The van der Waals surface area contributed by atoms with Crippen molar-refractivity contribution in [3.63, 3.8) is 0 Å². The quantitative estimate of drug-likeness (QED) is 0.819. The van der Waals surface area contributed by atoms with Crippen LogP contribution in [0.3, 0.4) is 0 Å². The van der Waals surface area contributed by atoms with Gasteiger partial charge in [-0.25, -0.2) is 0 Å². The van der Waals surface area contributed by atoms with Crippen LogP contribution < -0.4 is 5.32 Å². The Morgan fingerprint density at radius 2 is 2.06 bits per heavy atom. The van der Waals surface area contributed by atoms with E-state index in [9.17, 15) is 0 Å². The van der Waals surface area contributed by atoms with Crippen LogP contribution in [-0.2, 0) is 6.42 Å². The molecule has 2 atom stereocenters. The maximum absolute atomic E-state index is 3.51. The van der Waals surface area contributed by atoms with Crippen molar-refractivity contribution >= 4 is 0 Å². The molecule has 0 spiro atoms. The minimum absolute atomic E-state index is 0.520. The van der Waals surface area contributed by atoms with Gasteiger partial charge in [-0.2, -0.15) is 0 Å². The Kier molecular flexibility index (Phi) is 3.65. The third-order valence-electron chi connectivity index (χ3n) is 4.40. The van der Waals surface area contributed by atoms with Crippen molar-refractivity contribution in [1.82, 2.24) is 5.32 Å². The molecule has 1 fully saturated rings. The van der Waals surface area contributed by atoms with Gasteiger partial charge < -0.3 is 5.32 Å². The zero-order valence-electron chi connectivity index (χ0n) is 10.5. The Bertz CT molecular complexity index is 319. The number of hydrogen-bond donors (Lipinski definition) is 1. The predicted molar refractivity (Wildman–Crippen MR) is 69.5 cm³/mol. The summed E-state index contributed by atoms with van der Waals surface area (Å²) in [6.45, 7) is 7.12. The van der Waals surface area contributed by atoms with Crippen LogP contribution in [0.15, 0.2) is 30.3 Å². The first-order valence-electron chi connectivity index (χ1n) is 6.51. The Labute approximate surface area is 99.3 Å². The lowest BCUT2D eigenvalue weighted by molar-refractivity contribution is 0.114. The van der Waals surface area contributed by atoms with Crippen molar-refractivity contribution in [1.29, 1.82) is 0 Å². The Morgan fingerprint density at radius 3 is 2.69 bits per heavy atom. The maximum Gasteiger partial charge on any atom is -0.00177 e. The normalized spacial score (nSPS) is 30.2. The lowest BCUT2D eigenvalue weighted by Crippen LogP contribution is -2.44. The van der Waals surface area contributed by atoms with Crippen LogP contribution in [-0.4, -0.2) is 13.1 Å². The van der Waals surface area contributed by atoms with Gasteiger partial charge in [0, 0.05) is 0 Å². The van der Waals surface area contributed by atoms with Gasteiger partial charge in [0.25, 0.3) is 0 Å². The van der Waals surface area contributed by atoms with E-state index < -0.39 is 0 Å². The van der Waals surface area contributed by atoms with Gasteiger partial charge in [0.1, 0.15) is 0 Å². The van der Waals surface area contributed by atoms with Gasteiger partial charge in [-0.3, -0.25) is 0 Å². The number of benzene rings is 1. The largest absolute Gasteiger partial charge is 0.316 e. The summed E-state index contributed by atoms with van der Waals surface area (Å²) in [5.41, 5.74) is 2.02. The molecule has 0 saturated carbocycles. The highest BCUT2D eigenvalue weighted by molar-refractivity contribution is 5.17. The summed E-state index contributed by atoms with van der Waals surface area (Å²) in [6, 6.07) is 11.0. The zero-order valence-corrected chi connectivity index (χ0v) is 10.5. The fraction of sp³-hybridized carbons (Fsp3) is 0.600. The van der Waals surface area contributed by atoms with E-state index in [1.54, 1.807) is 0 Å². The zero-order chi connectivity index (χ0) is 11.4. The highest BCUT2D eigenvalue weighted by Gasteiger charge is 2.36. The molecule has 16 heavy (non-hydrogen) atoms. The molecular weight excluding hydrogens is 194 g/mol. The van der Waals surface area contributed by atoms with Crippen LogP contribution in [0.5, 0.6) is 0 Å². The third kappa shape index (κ3) is 2.30. The van der Waals surface area contributed by atoms with Gasteiger partial charge in [-0.1, -0.05) is 44.2 Å². The molecule has 1 nitrogen and oxygen atoms in total. The van der Waals surface area contributed by atoms with Gasteiger partial charge in [-0.15, -0.1) is 0 Å². The second-order valence-electron chi connectivity index (χ2n) is 5.23.